The summed E-state index contributed by atoms with van der Waals surface area (Å²) >= 11 is 0. The summed E-state index contributed by atoms with van der Waals surface area (Å²) in [7, 11) is 0.471. The van der Waals surface area contributed by atoms with Gasteiger partial charge in [-0.05, 0) is 30.3 Å². The average Bonchev–Trinajstić information content (AvgIpc) is 3.13. The Morgan fingerprint density at radius 3 is 2.64 bits per heavy atom. The Morgan fingerprint density at radius 2 is 1.89 bits per heavy atom. The van der Waals surface area contributed by atoms with Gasteiger partial charge in [0.05, 0.1) is 7.11 Å². The van der Waals surface area contributed by atoms with Gasteiger partial charge < -0.3 is 14.6 Å². The Morgan fingerprint density at radius 1 is 1.11 bits per heavy atom. The van der Waals surface area contributed by atoms with Crippen molar-refractivity contribution in [2.75, 3.05) is 13.7 Å². The van der Waals surface area contributed by atoms with Crippen LogP contribution < -0.4 is 4.74 Å². The monoisotopic (exact) mass is 398 g/mol. The van der Waals surface area contributed by atoms with Crippen LogP contribution in [0.1, 0.15) is 0 Å². The van der Waals surface area contributed by atoms with E-state index in [1.165, 1.54) is 6.33 Å². The molecular weight excluding hydrogens is 372 g/mol. The zero-order chi connectivity index (χ0) is 20.1. The normalized spacial score (nSPS) is 11.6. The molecule has 0 atom stereocenters. The number of hydrogen-bond acceptors (Lipinski definition) is 6. The molecule has 8 heteroatoms. The van der Waals surface area contributed by atoms with Crippen LogP contribution in [0, 0.1) is 0 Å². The van der Waals surface area contributed by atoms with Crippen molar-refractivity contribution >= 4 is 8.07 Å². The van der Waals surface area contributed by atoms with Crippen LogP contribution in [0.2, 0.25) is 25.7 Å². The SMILES string of the molecule is COc1ccc(O)cc1-c1cncc(-c2ncnn2COCC[Si](C)(C)C)c1. The molecule has 0 amide bonds. The predicted octanol–water partition coefficient (Wildman–Crippen LogP) is 4.03. The van der Waals surface area contributed by atoms with E-state index < -0.39 is 8.07 Å². The van der Waals surface area contributed by atoms with E-state index >= 15 is 0 Å². The summed E-state index contributed by atoms with van der Waals surface area (Å²) in [4.78, 5) is 8.71. The summed E-state index contributed by atoms with van der Waals surface area (Å²) in [6.45, 7) is 8.03. The molecule has 0 fully saturated rings. The second-order valence-electron chi connectivity index (χ2n) is 7.78. The lowest BCUT2D eigenvalue weighted by molar-refractivity contribution is 0.0796. The summed E-state index contributed by atoms with van der Waals surface area (Å²) in [6, 6.07) is 8.03. The van der Waals surface area contributed by atoms with Gasteiger partial charge in [-0.3, -0.25) is 4.98 Å². The molecule has 2 heterocycles. The zero-order valence-corrected chi connectivity index (χ0v) is 17.7. The Kier molecular flexibility index (Phi) is 6.10. The van der Waals surface area contributed by atoms with Crippen molar-refractivity contribution in [3.63, 3.8) is 0 Å². The van der Waals surface area contributed by atoms with Crippen LogP contribution in [0.5, 0.6) is 11.5 Å². The number of rotatable bonds is 8. The first-order valence-corrected chi connectivity index (χ1v) is 12.9. The second-order valence-corrected chi connectivity index (χ2v) is 13.4. The van der Waals surface area contributed by atoms with Crippen molar-refractivity contribution in [1.29, 1.82) is 0 Å². The summed E-state index contributed by atoms with van der Waals surface area (Å²) in [5, 5.41) is 14.1. The maximum Gasteiger partial charge on any atom is 0.162 e. The first-order valence-electron chi connectivity index (χ1n) is 9.16. The highest BCUT2D eigenvalue weighted by atomic mass is 28.3. The topological polar surface area (TPSA) is 82.3 Å². The molecule has 0 spiro atoms. The fourth-order valence-electron chi connectivity index (χ4n) is 2.74. The lowest BCUT2D eigenvalue weighted by Gasteiger charge is -2.15. The van der Waals surface area contributed by atoms with E-state index in [0.29, 0.717) is 24.9 Å². The first kappa shape index (κ1) is 20.0. The molecular formula is C20H26N4O3Si. The third-order valence-electron chi connectivity index (χ3n) is 4.32. The average molecular weight is 399 g/mol. The highest BCUT2D eigenvalue weighted by Gasteiger charge is 2.14. The molecule has 0 aliphatic heterocycles. The third-order valence-corrected chi connectivity index (χ3v) is 6.02. The van der Waals surface area contributed by atoms with Crippen LogP contribution in [0.25, 0.3) is 22.5 Å². The number of pyridine rings is 1. The van der Waals surface area contributed by atoms with Crippen molar-refractivity contribution in [2.45, 2.75) is 32.4 Å². The molecule has 1 aromatic carbocycles. The van der Waals surface area contributed by atoms with Crippen LogP contribution in [0.3, 0.4) is 0 Å². The number of ether oxygens (including phenoxy) is 2. The Balaban J connectivity index is 1.82. The largest absolute Gasteiger partial charge is 0.508 e. The Hall–Kier alpha value is -2.71. The lowest BCUT2D eigenvalue weighted by atomic mass is 10.0. The van der Waals surface area contributed by atoms with Gasteiger partial charge in [-0.1, -0.05) is 19.6 Å². The maximum atomic E-state index is 9.85. The Labute approximate surface area is 166 Å². The summed E-state index contributed by atoms with van der Waals surface area (Å²) in [5.41, 5.74) is 2.39. The van der Waals surface area contributed by atoms with Gasteiger partial charge in [0.15, 0.2) is 5.82 Å². The third kappa shape index (κ3) is 4.96. The van der Waals surface area contributed by atoms with E-state index in [2.05, 4.69) is 34.7 Å². The summed E-state index contributed by atoms with van der Waals surface area (Å²) < 4.78 is 12.9. The number of nitrogens with zero attached hydrogens (tertiary/aromatic N) is 4. The van der Waals surface area contributed by atoms with Crippen molar-refractivity contribution in [3.05, 3.63) is 43.0 Å². The standard InChI is InChI=1S/C20H26N4O3Si/c1-26-19-6-5-17(25)10-18(19)15-9-16(12-21-11-15)20-22-13-23-24(20)14-27-7-8-28(2,3)4/h5-6,9-13,25H,7-8,14H2,1-4H3. The lowest BCUT2D eigenvalue weighted by Crippen LogP contribution is -2.22. The van der Waals surface area contributed by atoms with E-state index in [1.807, 2.05) is 6.07 Å². The second kappa shape index (κ2) is 8.53. The van der Waals surface area contributed by atoms with Crippen LogP contribution in [0.4, 0.5) is 0 Å². The molecule has 0 unspecified atom stereocenters. The molecule has 0 bridgehead atoms. The van der Waals surface area contributed by atoms with Gasteiger partial charge >= 0.3 is 0 Å². The van der Waals surface area contributed by atoms with Crippen LogP contribution >= 0.6 is 0 Å². The van der Waals surface area contributed by atoms with Crippen LogP contribution in [-0.4, -0.2) is 46.6 Å². The molecule has 0 saturated heterocycles. The summed E-state index contributed by atoms with van der Waals surface area (Å²) in [6.07, 6.45) is 4.98. The maximum absolute atomic E-state index is 9.85. The number of phenolic OH excluding ortho intramolecular Hbond substituents is 1. The number of benzene rings is 1. The molecule has 7 nitrogen and oxygen atoms in total. The number of aromatic hydroxyl groups is 1. The Bertz CT molecular complexity index is 937. The smallest absolute Gasteiger partial charge is 0.162 e. The molecule has 148 valence electrons. The quantitative estimate of drug-likeness (QED) is 0.456. The molecule has 3 aromatic rings. The first-order chi connectivity index (χ1) is 13.4. The van der Waals surface area contributed by atoms with Crippen LogP contribution in [0.15, 0.2) is 43.0 Å². The molecule has 0 aliphatic rings. The number of phenols is 1. The van der Waals surface area contributed by atoms with E-state index in [9.17, 15) is 5.11 Å². The highest BCUT2D eigenvalue weighted by molar-refractivity contribution is 6.76. The minimum absolute atomic E-state index is 0.167. The van der Waals surface area contributed by atoms with Gasteiger partial charge in [0.2, 0.25) is 0 Å². The van der Waals surface area contributed by atoms with Gasteiger partial charge in [0, 0.05) is 43.8 Å². The fraction of sp³-hybridized carbons (Fsp3) is 0.350. The van der Waals surface area contributed by atoms with Crippen molar-refractivity contribution in [3.8, 4) is 34.0 Å². The minimum Gasteiger partial charge on any atom is -0.508 e. The molecule has 28 heavy (non-hydrogen) atoms. The van der Waals surface area contributed by atoms with E-state index in [1.54, 1.807) is 42.4 Å². The molecule has 1 N–H and O–H groups in total. The number of aromatic nitrogens is 4. The van der Waals surface area contributed by atoms with Crippen molar-refractivity contribution < 1.29 is 14.6 Å². The number of methoxy groups -OCH3 is 1. The molecule has 0 saturated carbocycles. The van der Waals surface area contributed by atoms with Crippen molar-refractivity contribution in [2.24, 2.45) is 0 Å². The molecule has 0 radical (unpaired) electrons. The summed E-state index contributed by atoms with van der Waals surface area (Å²) in [5.74, 6) is 1.51. The van der Waals surface area contributed by atoms with E-state index in [0.717, 1.165) is 22.7 Å². The van der Waals surface area contributed by atoms with Crippen LogP contribution in [-0.2, 0) is 11.5 Å². The highest BCUT2D eigenvalue weighted by Crippen LogP contribution is 2.34. The zero-order valence-electron chi connectivity index (χ0n) is 16.7. The fourth-order valence-corrected chi connectivity index (χ4v) is 3.50. The van der Waals surface area contributed by atoms with Gasteiger partial charge in [-0.15, -0.1) is 0 Å². The van der Waals surface area contributed by atoms with Crippen molar-refractivity contribution in [1.82, 2.24) is 19.7 Å². The van der Waals surface area contributed by atoms with E-state index in [4.69, 9.17) is 9.47 Å². The van der Waals surface area contributed by atoms with Gasteiger partial charge in [-0.25, -0.2) is 9.67 Å². The number of hydrogen-bond donors (Lipinski definition) is 1. The van der Waals surface area contributed by atoms with Gasteiger partial charge in [0.1, 0.15) is 24.6 Å². The predicted molar refractivity (Wildman–Crippen MR) is 111 cm³/mol. The molecule has 3 rings (SSSR count). The molecule has 0 aliphatic carbocycles. The van der Waals surface area contributed by atoms with Gasteiger partial charge in [-0.2, -0.15) is 5.10 Å². The minimum atomic E-state index is -1.13. The van der Waals surface area contributed by atoms with E-state index in [-0.39, 0.29) is 5.75 Å². The van der Waals surface area contributed by atoms with Gasteiger partial charge in [0.25, 0.3) is 0 Å². The molecule has 2 aromatic heterocycles.